The fourth-order valence-electron chi connectivity index (χ4n) is 2.02. The number of rotatable bonds is 2. The Kier molecular flexibility index (Phi) is 4.79. The Hall–Kier alpha value is 0.0200. The van der Waals surface area contributed by atoms with Gasteiger partial charge in [-0.15, -0.1) is 0 Å². The molecule has 0 nitrogen and oxygen atoms in total. The van der Waals surface area contributed by atoms with Crippen LogP contribution in [-0.2, 0) is 0 Å². The topological polar surface area (TPSA) is 0 Å². The van der Waals surface area contributed by atoms with Crippen LogP contribution in [0.5, 0.6) is 0 Å². The molecule has 0 saturated carbocycles. The lowest BCUT2D eigenvalue weighted by molar-refractivity contribution is 1.38. The number of hydrogen-bond acceptors (Lipinski definition) is 1. The molecule has 20 heavy (non-hydrogen) atoms. The van der Waals surface area contributed by atoms with Crippen LogP contribution in [0.15, 0.2) is 64.4 Å². The van der Waals surface area contributed by atoms with Crippen molar-refractivity contribution in [3.63, 3.8) is 0 Å². The lowest BCUT2D eigenvalue weighted by atomic mass is 10.1. The van der Waals surface area contributed by atoms with E-state index in [1.165, 1.54) is 27.7 Å². The van der Waals surface area contributed by atoms with Gasteiger partial charge in [-0.05, 0) is 80.9 Å². The van der Waals surface area contributed by atoms with Gasteiger partial charge in [0.05, 0.1) is 0 Å². The van der Waals surface area contributed by atoms with Gasteiger partial charge in [-0.1, -0.05) is 47.6 Å². The second kappa shape index (κ2) is 6.42. The van der Waals surface area contributed by atoms with Gasteiger partial charge in [0.1, 0.15) is 0 Å². The number of hydrogen-bond donors (Lipinski definition) is 0. The van der Waals surface area contributed by atoms with Crippen molar-refractivity contribution in [1.29, 1.82) is 0 Å². The maximum atomic E-state index is 6.02. The van der Waals surface area contributed by atoms with E-state index in [1.807, 2.05) is 12.1 Å². The summed E-state index contributed by atoms with van der Waals surface area (Å²) in [6.45, 7) is 0. The maximum Gasteiger partial charge on any atom is 0.0417 e. The third kappa shape index (κ3) is 3.10. The first-order valence-electron chi connectivity index (χ1n) is 5.95. The van der Waals surface area contributed by atoms with Gasteiger partial charge in [0.25, 0.3) is 0 Å². The molecule has 4 heteroatoms. The van der Waals surface area contributed by atoms with Crippen LogP contribution in [0.1, 0.15) is 0 Å². The molecule has 0 aliphatic rings. The molecule has 0 saturated heterocycles. The smallest absolute Gasteiger partial charge is 0.0417 e. The summed E-state index contributed by atoms with van der Waals surface area (Å²) in [4.78, 5) is 2.52. The summed E-state index contributed by atoms with van der Waals surface area (Å²) in [5.74, 6) is 0. The number of benzene rings is 3. The van der Waals surface area contributed by atoms with Gasteiger partial charge in [-0.2, -0.15) is 0 Å². The van der Waals surface area contributed by atoms with Crippen molar-refractivity contribution in [2.24, 2.45) is 0 Å². The van der Waals surface area contributed by atoms with Crippen molar-refractivity contribution in [2.45, 2.75) is 9.79 Å². The van der Waals surface area contributed by atoms with E-state index in [2.05, 4.69) is 87.6 Å². The molecule has 0 bridgehead atoms. The normalized spacial score (nSPS) is 10.9. The lowest BCUT2D eigenvalue weighted by Gasteiger charge is -2.09. The van der Waals surface area contributed by atoms with Crippen LogP contribution in [0.2, 0.25) is 5.02 Å². The van der Waals surface area contributed by atoms with Gasteiger partial charge in [-0.25, -0.2) is 0 Å². The standard InChI is InChI=1S/C16H9ClI2S/c17-11-7-8-14(13(19)9-11)20-15-6-2-4-10-3-1-5-12(18)16(10)15/h1-9H. The fraction of sp³-hybridized carbons (Fsp3) is 0. The molecule has 3 aromatic rings. The highest BCUT2D eigenvalue weighted by molar-refractivity contribution is 14.1. The minimum absolute atomic E-state index is 0.784. The molecule has 0 heterocycles. The zero-order valence-electron chi connectivity index (χ0n) is 10.2. The van der Waals surface area contributed by atoms with E-state index in [0.29, 0.717) is 0 Å². The summed E-state index contributed by atoms with van der Waals surface area (Å²) >= 11 is 12.6. The molecule has 0 fully saturated rings. The van der Waals surface area contributed by atoms with E-state index in [1.54, 1.807) is 11.8 Å². The molecule has 0 spiro atoms. The highest BCUT2D eigenvalue weighted by atomic mass is 127. The van der Waals surface area contributed by atoms with Gasteiger partial charge >= 0.3 is 0 Å². The average molecular weight is 523 g/mol. The summed E-state index contributed by atoms with van der Waals surface area (Å²) in [5.41, 5.74) is 0. The largest absolute Gasteiger partial charge is 0.0883 e. The van der Waals surface area contributed by atoms with Crippen molar-refractivity contribution < 1.29 is 0 Å². The molecule has 0 unspecified atom stereocenters. The maximum absolute atomic E-state index is 6.02. The van der Waals surface area contributed by atoms with Crippen LogP contribution in [0.3, 0.4) is 0 Å². The quantitative estimate of drug-likeness (QED) is 0.332. The summed E-state index contributed by atoms with van der Waals surface area (Å²) in [7, 11) is 0. The summed E-state index contributed by atoms with van der Waals surface area (Å²) in [6.07, 6.45) is 0. The molecule has 0 amide bonds. The van der Waals surface area contributed by atoms with Crippen LogP contribution in [0, 0.1) is 7.14 Å². The number of halogens is 3. The van der Waals surface area contributed by atoms with Crippen LogP contribution in [0.4, 0.5) is 0 Å². The third-order valence-electron chi connectivity index (χ3n) is 2.93. The Morgan fingerprint density at radius 3 is 2.30 bits per heavy atom. The third-order valence-corrected chi connectivity index (χ3v) is 6.46. The first-order valence-corrected chi connectivity index (χ1v) is 9.30. The minimum Gasteiger partial charge on any atom is -0.0883 e. The molecule has 0 radical (unpaired) electrons. The highest BCUT2D eigenvalue weighted by Gasteiger charge is 2.08. The molecule has 0 aliphatic carbocycles. The highest BCUT2D eigenvalue weighted by Crippen LogP contribution is 2.38. The molecule has 3 rings (SSSR count). The zero-order chi connectivity index (χ0) is 14.1. The van der Waals surface area contributed by atoms with Crippen molar-refractivity contribution in [1.82, 2.24) is 0 Å². The van der Waals surface area contributed by atoms with Crippen LogP contribution in [0.25, 0.3) is 10.8 Å². The lowest BCUT2D eigenvalue weighted by Crippen LogP contribution is -1.84. The molecule has 3 aromatic carbocycles. The van der Waals surface area contributed by atoms with Crippen molar-refractivity contribution in [3.8, 4) is 0 Å². The zero-order valence-corrected chi connectivity index (χ0v) is 16.1. The van der Waals surface area contributed by atoms with Gasteiger partial charge in [0, 0.05) is 27.3 Å². The Balaban J connectivity index is 2.11. The van der Waals surface area contributed by atoms with Crippen LogP contribution in [-0.4, -0.2) is 0 Å². The van der Waals surface area contributed by atoms with Crippen LogP contribution >= 0.6 is 68.5 Å². The summed E-state index contributed by atoms with van der Waals surface area (Å²) in [6, 6.07) is 18.9. The average Bonchev–Trinajstić information content (AvgIpc) is 2.42. The molecular formula is C16H9ClI2S. The summed E-state index contributed by atoms with van der Waals surface area (Å²) < 4.78 is 2.47. The molecular weight excluding hydrogens is 514 g/mol. The van der Waals surface area contributed by atoms with Crippen molar-refractivity contribution in [3.05, 3.63) is 66.8 Å². The van der Waals surface area contributed by atoms with E-state index in [0.717, 1.165) is 5.02 Å². The first-order chi connectivity index (χ1) is 9.65. The van der Waals surface area contributed by atoms with E-state index >= 15 is 0 Å². The second-order valence-corrected chi connectivity index (χ2v) is 8.12. The monoisotopic (exact) mass is 522 g/mol. The second-order valence-electron chi connectivity index (χ2n) is 4.27. The Morgan fingerprint density at radius 2 is 1.55 bits per heavy atom. The van der Waals surface area contributed by atoms with Gasteiger partial charge < -0.3 is 0 Å². The Bertz CT molecular complexity index is 781. The van der Waals surface area contributed by atoms with Crippen LogP contribution < -0.4 is 0 Å². The molecule has 0 atom stereocenters. The van der Waals surface area contributed by atoms with Gasteiger partial charge in [0.15, 0.2) is 0 Å². The fourth-order valence-corrected chi connectivity index (χ4v) is 5.22. The van der Waals surface area contributed by atoms with Crippen molar-refractivity contribution in [2.75, 3.05) is 0 Å². The Labute approximate surface area is 154 Å². The predicted octanol–water partition coefficient (Wildman–Crippen LogP) is 6.85. The van der Waals surface area contributed by atoms with Gasteiger partial charge in [-0.3, -0.25) is 0 Å². The molecule has 0 aliphatic heterocycles. The number of fused-ring (bicyclic) bond motifs is 1. The van der Waals surface area contributed by atoms with Gasteiger partial charge in [0.2, 0.25) is 0 Å². The van der Waals surface area contributed by atoms with E-state index < -0.39 is 0 Å². The molecule has 0 N–H and O–H groups in total. The van der Waals surface area contributed by atoms with Crippen molar-refractivity contribution >= 4 is 79.3 Å². The SMILES string of the molecule is Clc1ccc(Sc2cccc3cccc(I)c23)c(I)c1. The summed E-state index contributed by atoms with van der Waals surface area (Å²) in [5, 5.41) is 3.39. The van der Waals surface area contributed by atoms with E-state index in [-0.39, 0.29) is 0 Å². The first kappa shape index (κ1) is 14.9. The molecule has 0 aromatic heterocycles. The van der Waals surface area contributed by atoms with E-state index in [4.69, 9.17) is 11.6 Å². The molecule has 100 valence electrons. The predicted molar refractivity (Wildman–Crippen MR) is 105 cm³/mol. The van der Waals surface area contributed by atoms with E-state index in [9.17, 15) is 0 Å². The Morgan fingerprint density at radius 1 is 0.800 bits per heavy atom. The minimum atomic E-state index is 0.784.